The van der Waals surface area contributed by atoms with Gasteiger partial charge >= 0.3 is 5.69 Å². The fourth-order valence-corrected chi connectivity index (χ4v) is 2.23. The van der Waals surface area contributed by atoms with Crippen LogP contribution in [0.1, 0.15) is 24.9 Å². The number of benzene rings is 2. The second-order valence-corrected chi connectivity index (χ2v) is 4.66. The summed E-state index contributed by atoms with van der Waals surface area (Å²) in [5.41, 5.74) is 1.82. The van der Waals surface area contributed by atoms with Crippen LogP contribution in [0.2, 0.25) is 0 Å². The van der Waals surface area contributed by atoms with E-state index in [0.29, 0.717) is 5.69 Å². The molecule has 0 saturated heterocycles. The molecular weight excluding hydrogens is 268 g/mol. The lowest BCUT2D eigenvalue weighted by atomic mass is 10.0. The van der Waals surface area contributed by atoms with Crippen molar-refractivity contribution in [2.45, 2.75) is 19.4 Å². The molecule has 0 bridgehead atoms. The first-order valence-electron chi connectivity index (χ1n) is 6.79. The molecule has 1 atom stereocenters. The van der Waals surface area contributed by atoms with Crippen LogP contribution in [0.4, 0.5) is 11.4 Å². The number of nitro groups is 1. The van der Waals surface area contributed by atoms with Crippen LogP contribution in [0.15, 0.2) is 48.5 Å². The predicted molar refractivity (Wildman–Crippen MR) is 82.7 cm³/mol. The van der Waals surface area contributed by atoms with Crippen LogP contribution in [0.3, 0.4) is 0 Å². The van der Waals surface area contributed by atoms with Gasteiger partial charge in [-0.3, -0.25) is 10.1 Å². The summed E-state index contributed by atoms with van der Waals surface area (Å²) >= 11 is 0. The maximum absolute atomic E-state index is 11.1. The standard InChI is InChI=1S/C16H18N2O3/c1-3-14(12-7-5-4-6-8-12)17-13-9-10-16(21-2)15(11-13)18(19)20/h4-11,14,17H,3H2,1-2H3. The zero-order chi connectivity index (χ0) is 15.2. The van der Waals surface area contributed by atoms with Gasteiger partial charge in [-0.15, -0.1) is 0 Å². The number of hydrogen-bond donors (Lipinski definition) is 1. The third-order valence-electron chi connectivity index (χ3n) is 3.33. The van der Waals surface area contributed by atoms with E-state index in [-0.39, 0.29) is 17.5 Å². The molecule has 0 aliphatic carbocycles. The van der Waals surface area contributed by atoms with Crippen molar-refractivity contribution in [1.29, 1.82) is 0 Å². The predicted octanol–water partition coefficient (Wildman–Crippen LogP) is 4.17. The molecule has 0 saturated carbocycles. The third-order valence-corrected chi connectivity index (χ3v) is 3.33. The molecule has 0 spiro atoms. The van der Waals surface area contributed by atoms with Gasteiger partial charge in [0.25, 0.3) is 0 Å². The minimum atomic E-state index is -0.437. The molecule has 1 N–H and O–H groups in total. The molecular formula is C16H18N2O3. The molecule has 0 amide bonds. The molecule has 5 heteroatoms. The van der Waals surface area contributed by atoms with Crippen molar-refractivity contribution in [2.24, 2.45) is 0 Å². The molecule has 0 aliphatic rings. The van der Waals surface area contributed by atoms with Gasteiger partial charge in [0.1, 0.15) is 0 Å². The van der Waals surface area contributed by atoms with Crippen molar-refractivity contribution in [3.63, 3.8) is 0 Å². The largest absolute Gasteiger partial charge is 0.490 e. The number of hydrogen-bond acceptors (Lipinski definition) is 4. The van der Waals surface area contributed by atoms with Crippen LogP contribution in [0.25, 0.3) is 0 Å². The van der Waals surface area contributed by atoms with Crippen LogP contribution in [-0.4, -0.2) is 12.0 Å². The minimum absolute atomic E-state index is 0.0367. The lowest BCUT2D eigenvalue weighted by molar-refractivity contribution is -0.385. The second-order valence-electron chi connectivity index (χ2n) is 4.66. The van der Waals surface area contributed by atoms with Crippen molar-refractivity contribution >= 4 is 11.4 Å². The van der Waals surface area contributed by atoms with Crippen molar-refractivity contribution in [2.75, 3.05) is 12.4 Å². The maximum atomic E-state index is 11.1. The Morgan fingerprint density at radius 2 is 1.95 bits per heavy atom. The Balaban J connectivity index is 2.26. The summed E-state index contributed by atoms with van der Waals surface area (Å²) < 4.78 is 5.01. The number of anilines is 1. The average molecular weight is 286 g/mol. The van der Waals surface area contributed by atoms with E-state index in [9.17, 15) is 10.1 Å². The van der Waals surface area contributed by atoms with E-state index in [1.807, 2.05) is 30.3 Å². The monoisotopic (exact) mass is 286 g/mol. The molecule has 0 radical (unpaired) electrons. The van der Waals surface area contributed by atoms with E-state index in [0.717, 1.165) is 12.0 Å². The highest BCUT2D eigenvalue weighted by molar-refractivity contribution is 5.59. The van der Waals surface area contributed by atoms with Crippen molar-refractivity contribution < 1.29 is 9.66 Å². The lowest BCUT2D eigenvalue weighted by Gasteiger charge is -2.19. The van der Waals surface area contributed by atoms with E-state index in [4.69, 9.17) is 4.74 Å². The first kappa shape index (κ1) is 14.8. The summed E-state index contributed by atoms with van der Waals surface area (Å²) in [6, 6.07) is 15.0. The molecule has 110 valence electrons. The number of nitrogens with zero attached hydrogens (tertiary/aromatic N) is 1. The first-order valence-corrected chi connectivity index (χ1v) is 6.79. The normalized spacial score (nSPS) is 11.7. The summed E-state index contributed by atoms with van der Waals surface area (Å²) in [4.78, 5) is 10.6. The zero-order valence-electron chi connectivity index (χ0n) is 12.1. The number of rotatable bonds is 6. The minimum Gasteiger partial charge on any atom is -0.490 e. The van der Waals surface area contributed by atoms with E-state index in [1.165, 1.54) is 13.2 Å². The Labute approximate surface area is 123 Å². The van der Waals surface area contributed by atoms with Gasteiger partial charge in [-0.25, -0.2) is 0 Å². The smallest absolute Gasteiger partial charge is 0.312 e. The topological polar surface area (TPSA) is 64.4 Å². The molecule has 21 heavy (non-hydrogen) atoms. The molecule has 0 heterocycles. The third kappa shape index (κ3) is 3.51. The highest BCUT2D eigenvalue weighted by Gasteiger charge is 2.16. The lowest BCUT2D eigenvalue weighted by Crippen LogP contribution is -2.09. The Hall–Kier alpha value is -2.56. The van der Waals surface area contributed by atoms with Gasteiger partial charge in [0.15, 0.2) is 5.75 Å². The number of methoxy groups -OCH3 is 1. The number of nitro benzene ring substituents is 1. The quantitative estimate of drug-likeness (QED) is 0.639. The molecule has 0 aromatic heterocycles. The van der Waals surface area contributed by atoms with E-state index in [2.05, 4.69) is 12.2 Å². The van der Waals surface area contributed by atoms with Crippen molar-refractivity contribution in [3.05, 3.63) is 64.2 Å². The Bertz CT molecular complexity index is 614. The van der Waals surface area contributed by atoms with Crippen molar-refractivity contribution in [3.8, 4) is 5.75 Å². The van der Waals surface area contributed by atoms with Gasteiger partial charge in [-0.1, -0.05) is 37.3 Å². The molecule has 2 aromatic rings. The van der Waals surface area contributed by atoms with Gasteiger partial charge in [0.05, 0.1) is 18.1 Å². The SMILES string of the molecule is CCC(Nc1ccc(OC)c([N+](=O)[O-])c1)c1ccccc1. The molecule has 0 aliphatic heterocycles. The fourth-order valence-electron chi connectivity index (χ4n) is 2.23. The Morgan fingerprint density at radius 3 is 2.52 bits per heavy atom. The van der Waals surface area contributed by atoms with Crippen LogP contribution in [0.5, 0.6) is 5.75 Å². The number of nitrogens with one attached hydrogen (secondary N) is 1. The van der Waals surface area contributed by atoms with Crippen molar-refractivity contribution in [1.82, 2.24) is 0 Å². The molecule has 0 fully saturated rings. The van der Waals surface area contributed by atoms with Crippen LogP contribution in [-0.2, 0) is 0 Å². The first-order chi connectivity index (χ1) is 10.2. The number of ether oxygens (including phenoxy) is 1. The van der Waals surface area contributed by atoms with Gasteiger partial charge < -0.3 is 10.1 Å². The van der Waals surface area contributed by atoms with E-state index < -0.39 is 4.92 Å². The van der Waals surface area contributed by atoms with Crippen LogP contribution < -0.4 is 10.1 Å². The van der Waals surface area contributed by atoms with E-state index in [1.54, 1.807) is 12.1 Å². The molecule has 5 nitrogen and oxygen atoms in total. The summed E-state index contributed by atoms with van der Waals surface area (Å²) in [5, 5.41) is 14.4. The fraction of sp³-hybridized carbons (Fsp3) is 0.250. The van der Waals surface area contributed by atoms with Gasteiger partial charge in [0, 0.05) is 11.8 Å². The Morgan fingerprint density at radius 1 is 1.24 bits per heavy atom. The molecule has 2 rings (SSSR count). The van der Waals surface area contributed by atoms with Gasteiger partial charge in [0.2, 0.25) is 0 Å². The Kier molecular flexibility index (Phi) is 4.77. The molecule has 2 aromatic carbocycles. The summed E-state index contributed by atoms with van der Waals surface area (Å²) in [7, 11) is 1.42. The second kappa shape index (κ2) is 6.74. The molecule has 1 unspecified atom stereocenters. The van der Waals surface area contributed by atoms with Crippen LogP contribution in [0, 0.1) is 10.1 Å². The zero-order valence-corrected chi connectivity index (χ0v) is 12.1. The van der Waals surface area contributed by atoms with E-state index >= 15 is 0 Å². The highest BCUT2D eigenvalue weighted by Crippen LogP contribution is 2.31. The summed E-state index contributed by atoms with van der Waals surface area (Å²) in [5.74, 6) is 0.262. The summed E-state index contributed by atoms with van der Waals surface area (Å²) in [6.07, 6.45) is 0.879. The average Bonchev–Trinajstić information content (AvgIpc) is 2.53. The van der Waals surface area contributed by atoms with Gasteiger partial charge in [-0.05, 0) is 24.1 Å². The summed E-state index contributed by atoms with van der Waals surface area (Å²) in [6.45, 7) is 2.07. The van der Waals surface area contributed by atoms with Crippen LogP contribution >= 0.6 is 0 Å². The maximum Gasteiger partial charge on any atom is 0.312 e. The van der Waals surface area contributed by atoms with Gasteiger partial charge in [-0.2, -0.15) is 0 Å². The highest BCUT2D eigenvalue weighted by atomic mass is 16.6.